The van der Waals surface area contributed by atoms with Crippen LogP contribution in [-0.2, 0) is 12.8 Å². The maximum Gasteiger partial charge on any atom is 0.129 e. The number of halogens is 1. The van der Waals surface area contributed by atoms with E-state index in [0.29, 0.717) is 0 Å². The van der Waals surface area contributed by atoms with Gasteiger partial charge in [-0.2, -0.15) is 0 Å². The molecule has 2 heterocycles. The second-order valence-corrected chi connectivity index (χ2v) is 5.53. The molecule has 0 radical (unpaired) electrons. The van der Waals surface area contributed by atoms with Crippen molar-refractivity contribution in [2.24, 2.45) is 0 Å². The fourth-order valence-corrected chi connectivity index (χ4v) is 2.53. The van der Waals surface area contributed by atoms with Gasteiger partial charge in [0.2, 0.25) is 0 Å². The molecule has 4 heteroatoms. The summed E-state index contributed by atoms with van der Waals surface area (Å²) in [5.74, 6) is 1.13. The molecule has 2 N–H and O–H groups in total. The lowest BCUT2D eigenvalue weighted by Crippen LogP contribution is -2.17. The number of fused-ring (bicyclic) bond motifs is 1. The number of nitrogens with zero attached hydrogens (tertiary/aromatic N) is 1. The van der Waals surface area contributed by atoms with Crippen LogP contribution in [-0.4, -0.2) is 24.1 Å². The zero-order valence-electron chi connectivity index (χ0n) is 11.5. The first-order chi connectivity index (χ1) is 8.92. The van der Waals surface area contributed by atoms with Crippen molar-refractivity contribution in [3.8, 4) is 0 Å². The van der Waals surface area contributed by atoms with E-state index < -0.39 is 0 Å². The summed E-state index contributed by atoms with van der Waals surface area (Å²) in [6.45, 7) is 2.25. The molecule has 3 nitrogen and oxygen atoms in total. The van der Waals surface area contributed by atoms with E-state index in [-0.39, 0.29) is 12.4 Å². The molecule has 3 rings (SSSR count). The molecule has 1 fully saturated rings. The van der Waals surface area contributed by atoms with Gasteiger partial charge in [0.1, 0.15) is 5.82 Å². The molecule has 19 heavy (non-hydrogen) atoms. The van der Waals surface area contributed by atoms with E-state index in [1.54, 1.807) is 0 Å². The van der Waals surface area contributed by atoms with Gasteiger partial charge in [-0.05, 0) is 63.1 Å². The highest BCUT2D eigenvalue weighted by Gasteiger charge is 2.19. The third-order valence-corrected chi connectivity index (χ3v) is 3.82. The van der Waals surface area contributed by atoms with Crippen molar-refractivity contribution >= 4 is 18.2 Å². The molecule has 0 unspecified atom stereocenters. The Balaban J connectivity index is 0.00000133. The molecule has 0 spiro atoms. The number of aryl methyl sites for hydroxylation is 2. The first-order valence-electron chi connectivity index (χ1n) is 7.38. The highest BCUT2D eigenvalue weighted by molar-refractivity contribution is 5.85. The lowest BCUT2D eigenvalue weighted by atomic mass is 10.1. The Labute approximate surface area is 122 Å². The van der Waals surface area contributed by atoms with E-state index in [1.807, 2.05) is 0 Å². The number of anilines is 1. The molecule has 106 valence electrons. The van der Waals surface area contributed by atoms with Crippen LogP contribution >= 0.6 is 12.4 Å². The first-order valence-corrected chi connectivity index (χ1v) is 7.38. The first kappa shape index (κ1) is 14.6. The van der Waals surface area contributed by atoms with Crippen LogP contribution in [0.15, 0.2) is 12.1 Å². The van der Waals surface area contributed by atoms with E-state index in [0.717, 1.165) is 24.8 Å². The van der Waals surface area contributed by atoms with Gasteiger partial charge in [0.05, 0.1) is 0 Å². The Kier molecular flexibility index (Phi) is 5.46. The standard InChI is InChI=1S/C15H23N3.ClH/c1(2-10-16-13-8-9-13)5-14-7-6-12-4-3-11-17-15(12)18-14;/h6-7,13,16H,1-5,8-11H2,(H,17,18);1H. The van der Waals surface area contributed by atoms with E-state index in [2.05, 4.69) is 22.8 Å². The van der Waals surface area contributed by atoms with Crippen molar-refractivity contribution in [2.75, 3.05) is 18.4 Å². The van der Waals surface area contributed by atoms with Crippen LogP contribution in [0.3, 0.4) is 0 Å². The average Bonchev–Trinajstić information content (AvgIpc) is 3.22. The molecule has 1 aromatic heterocycles. The SMILES string of the molecule is Cl.c1cc2c(nc1CCCCNC1CC1)NCCC2. The molecular formula is C15H24ClN3. The molecule has 1 saturated carbocycles. The van der Waals surface area contributed by atoms with Crippen molar-refractivity contribution in [3.05, 3.63) is 23.4 Å². The Bertz CT molecular complexity index is 404. The van der Waals surface area contributed by atoms with E-state index in [4.69, 9.17) is 4.98 Å². The Hall–Kier alpha value is -0.800. The smallest absolute Gasteiger partial charge is 0.129 e. The summed E-state index contributed by atoms with van der Waals surface area (Å²) < 4.78 is 0. The van der Waals surface area contributed by atoms with Crippen molar-refractivity contribution in [2.45, 2.75) is 51.0 Å². The summed E-state index contributed by atoms with van der Waals surface area (Å²) in [4.78, 5) is 4.73. The summed E-state index contributed by atoms with van der Waals surface area (Å²) in [5.41, 5.74) is 2.63. The zero-order valence-corrected chi connectivity index (χ0v) is 12.3. The third kappa shape index (κ3) is 4.36. The Morgan fingerprint density at radius 1 is 1.26 bits per heavy atom. The van der Waals surface area contributed by atoms with Crippen LogP contribution in [0.1, 0.15) is 43.4 Å². The highest BCUT2D eigenvalue weighted by atomic mass is 35.5. The number of unbranched alkanes of at least 4 members (excludes halogenated alkanes) is 1. The second-order valence-electron chi connectivity index (χ2n) is 5.53. The minimum absolute atomic E-state index is 0. The second kappa shape index (κ2) is 7.11. The molecule has 0 saturated heterocycles. The van der Waals surface area contributed by atoms with Crippen LogP contribution in [0.5, 0.6) is 0 Å². The normalized spacial score (nSPS) is 17.3. The monoisotopic (exact) mass is 281 g/mol. The number of nitrogens with one attached hydrogen (secondary N) is 2. The van der Waals surface area contributed by atoms with Gasteiger partial charge >= 0.3 is 0 Å². The van der Waals surface area contributed by atoms with Gasteiger partial charge in [0.25, 0.3) is 0 Å². The van der Waals surface area contributed by atoms with Gasteiger partial charge in [-0.3, -0.25) is 0 Å². The summed E-state index contributed by atoms with van der Waals surface area (Å²) in [7, 11) is 0. The average molecular weight is 282 g/mol. The maximum absolute atomic E-state index is 4.73. The number of hydrogen-bond donors (Lipinski definition) is 2. The number of rotatable bonds is 6. The molecule has 0 aromatic carbocycles. The Morgan fingerprint density at radius 2 is 2.16 bits per heavy atom. The van der Waals surface area contributed by atoms with E-state index in [1.165, 1.54) is 56.3 Å². The van der Waals surface area contributed by atoms with Crippen molar-refractivity contribution in [1.82, 2.24) is 10.3 Å². The predicted molar refractivity (Wildman–Crippen MR) is 82.3 cm³/mol. The van der Waals surface area contributed by atoms with Crippen LogP contribution in [0, 0.1) is 0 Å². The van der Waals surface area contributed by atoms with Gasteiger partial charge in [0, 0.05) is 18.3 Å². The van der Waals surface area contributed by atoms with Crippen LogP contribution in [0.25, 0.3) is 0 Å². The van der Waals surface area contributed by atoms with Crippen molar-refractivity contribution < 1.29 is 0 Å². The minimum Gasteiger partial charge on any atom is -0.370 e. The third-order valence-electron chi connectivity index (χ3n) is 3.82. The number of aromatic nitrogens is 1. The van der Waals surface area contributed by atoms with Gasteiger partial charge in [-0.1, -0.05) is 6.07 Å². The fourth-order valence-electron chi connectivity index (χ4n) is 2.53. The lowest BCUT2D eigenvalue weighted by Gasteiger charge is -2.17. The predicted octanol–water partition coefficient (Wildman–Crippen LogP) is 2.94. The summed E-state index contributed by atoms with van der Waals surface area (Å²) in [6, 6.07) is 5.31. The summed E-state index contributed by atoms with van der Waals surface area (Å²) in [5, 5.41) is 6.96. The molecule has 0 atom stereocenters. The molecule has 1 aromatic rings. The van der Waals surface area contributed by atoms with Crippen molar-refractivity contribution in [1.29, 1.82) is 0 Å². The van der Waals surface area contributed by atoms with Gasteiger partial charge in [-0.15, -0.1) is 12.4 Å². The quantitative estimate of drug-likeness (QED) is 0.787. The zero-order chi connectivity index (χ0) is 12.2. The van der Waals surface area contributed by atoms with E-state index in [9.17, 15) is 0 Å². The number of pyridine rings is 1. The molecule has 0 bridgehead atoms. The maximum atomic E-state index is 4.73. The molecule has 1 aliphatic heterocycles. The van der Waals surface area contributed by atoms with Gasteiger partial charge in [-0.25, -0.2) is 4.98 Å². The highest BCUT2D eigenvalue weighted by Crippen LogP contribution is 2.20. The molecule has 1 aliphatic carbocycles. The van der Waals surface area contributed by atoms with Crippen LogP contribution < -0.4 is 10.6 Å². The topological polar surface area (TPSA) is 37.0 Å². The lowest BCUT2D eigenvalue weighted by molar-refractivity contribution is 0.616. The van der Waals surface area contributed by atoms with Gasteiger partial charge < -0.3 is 10.6 Å². The fraction of sp³-hybridized carbons (Fsp3) is 0.667. The molecular weight excluding hydrogens is 258 g/mol. The van der Waals surface area contributed by atoms with Crippen LogP contribution in [0.2, 0.25) is 0 Å². The minimum atomic E-state index is 0. The van der Waals surface area contributed by atoms with Crippen molar-refractivity contribution in [3.63, 3.8) is 0 Å². The summed E-state index contributed by atoms with van der Waals surface area (Å²) in [6.07, 6.45) is 8.81. The summed E-state index contributed by atoms with van der Waals surface area (Å²) >= 11 is 0. The largest absolute Gasteiger partial charge is 0.370 e. The van der Waals surface area contributed by atoms with Gasteiger partial charge in [0.15, 0.2) is 0 Å². The van der Waals surface area contributed by atoms with Crippen LogP contribution in [0.4, 0.5) is 5.82 Å². The Morgan fingerprint density at radius 3 is 3.00 bits per heavy atom. The molecule has 0 amide bonds. The van der Waals surface area contributed by atoms with E-state index >= 15 is 0 Å². The molecule has 2 aliphatic rings. The number of hydrogen-bond acceptors (Lipinski definition) is 3.